The van der Waals surface area contributed by atoms with Gasteiger partial charge in [0.1, 0.15) is 23.3 Å². The smallest absolute Gasteiger partial charge is 0.338 e. The average Bonchev–Trinajstić information content (AvgIpc) is 3.34. The van der Waals surface area contributed by atoms with Crippen LogP contribution in [0.25, 0.3) is 6.08 Å². The van der Waals surface area contributed by atoms with E-state index in [4.69, 9.17) is 18.6 Å². The van der Waals surface area contributed by atoms with E-state index in [0.717, 1.165) is 0 Å². The third-order valence-corrected chi connectivity index (χ3v) is 6.53. The molecule has 1 aliphatic heterocycles. The fourth-order valence-electron chi connectivity index (χ4n) is 3.67. The first kappa shape index (κ1) is 23.1. The minimum Gasteiger partial charge on any atom is -0.497 e. The molecule has 0 aliphatic carbocycles. The first-order chi connectivity index (χ1) is 15.9. The summed E-state index contributed by atoms with van der Waals surface area (Å²) in [4.78, 5) is 31.6. The zero-order chi connectivity index (χ0) is 23.7. The summed E-state index contributed by atoms with van der Waals surface area (Å²) >= 11 is 4.49. The van der Waals surface area contributed by atoms with E-state index in [2.05, 4.69) is 20.9 Å². The van der Waals surface area contributed by atoms with Gasteiger partial charge in [-0.1, -0.05) is 11.3 Å². The van der Waals surface area contributed by atoms with Crippen LogP contribution in [0.4, 0.5) is 0 Å². The van der Waals surface area contributed by atoms with E-state index in [1.165, 1.54) is 23.0 Å². The van der Waals surface area contributed by atoms with Gasteiger partial charge in [0.15, 0.2) is 9.47 Å². The molecule has 33 heavy (non-hydrogen) atoms. The molecule has 1 unspecified atom stereocenters. The molecule has 0 spiro atoms. The Labute approximate surface area is 201 Å². The van der Waals surface area contributed by atoms with Gasteiger partial charge in [0, 0.05) is 17.7 Å². The summed E-state index contributed by atoms with van der Waals surface area (Å²) in [5.41, 5.74) is 1.07. The second-order valence-corrected chi connectivity index (χ2v) is 8.84. The van der Waals surface area contributed by atoms with Crippen LogP contribution in [0, 0.1) is 0 Å². The Morgan fingerprint density at radius 2 is 2.06 bits per heavy atom. The van der Waals surface area contributed by atoms with Gasteiger partial charge in [-0.2, -0.15) is 0 Å². The lowest BCUT2D eigenvalue weighted by atomic mass is 9.95. The van der Waals surface area contributed by atoms with E-state index in [1.54, 1.807) is 57.4 Å². The standard InChI is InChI=1S/C23H21BrN2O6S/c1-5-31-22(28)19-12(2)25-23-26(20(19)15-8-6-13(29-3)10-16(15)30-4)21(27)17(33-23)11-14-7-9-18(24)32-14/h6-11,20H,5H2,1-4H3/b17-11-. The van der Waals surface area contributed by atoms with Gasteiger partial charge < -0.3 is 18.6 Å². The predicted molar refractivity (Wildman–Crippen MR) is 126 cm³/mol. The van der Waals surface area contributed by atoms with Gasteiger partial charge >= 0.3 is 5.97 Å². The summed E-state index contributed by atoms with van der Waals surface area (Å²) in [7, 11) is 3.08. The molecule has 0 bridgehead atoms. The molecule has 8 nitrogen and oxygen atoms in total. The molecule has 0 fully saturated rings. The van der Waals surface area contributed by atoms with Crippen molar-refractivity contribution < 1.29 is 23.4 Å². The molecule has 0 saturated carbocycles. The highest BCUT2D eigenvalue weighted by Crippen LogP contribution is 2.37. The maximum Gasteiger partial charge on any atom is 0.338 e. The van der Waals surface area contributed by atoms with Crippen LogP contribution in [0.15, 0.2) is 60.5 Å². The summed E-state index contributed by atoms with van der Waals surface area (Å²) < 4.78 is 24.2. The third-order valence-electron chi connectivity index (χ3n) is 5.12. The van der Waals surface area contributed by atoms with E-state index < -0.39 is 12.0 Å². The normalized spacial score (nSPS) is 15.8. The Bertz CT molecular complexity index is 1430. The monoisotopic (exact) mass is 532 g/mol. The lowest BCUT2D eigenvalue weighted by Crippen LogP contribution is -2.40. The molecule has 172 valence electrons. The number of carbonyl (C=O) groups excluding carboxylic acids is 1. The van der Waals surface area contributed by atoms with E-state index in [9.17, 15) is 9.59 Å². The number of hydrogen-bond acceptors (Lipinski definition) is 8. The van der Waals surface area contributed by atoms with Crippen LogP contribution in [0.5, 0.6) is 11.5 Å². The molecule has 0 N–H and O–H groups in total. The molecule has 3 aromatic rings. The van der Waals surface area contributed by atoms with Crippen LogP contribution in [-0.2, 0) is 9.53 Å². The van der Waals surface area contributed by atoms with Crippen LogP contribution in [0.3, 0.4) is 0 Å². The van der Waals surface area contributed by atoms with Crippen LogP contribution >= 0.6 is 27.3 Å². The molecule has 1 aliphatic rings. The number of rotatable bonds is 6. The number of aromatic nitrogens is 1. The molecule has 0 saturated heterocycles. The van der Waals surface area contributed by atoms with Gasteiger partial charge in [-0.15, -0.1) is 0 Å². The lowest BCUT2D eigenvalue weighted by Gasteiger charge is -2.26. The van der Waals surface area contributed by atoms with Crippen molar-refractivity contribution in [2.75, 3.05) is 20.8 Å². The fourth-order valence-corrected chi connectivity index (χ4v) is 5.01. The first-order valence-corrected chi connectivity index (χ1v) is 11.7. The highest BCUT2D eigenvalue weighted by Gasteiger charge is 2.35. The lowest BCUT2D eigenvalue weighted by molar-refractivity contribution is -0.139. The summed E-state index contributed by atoms with van der Waals surface area (Å²) in [6.45, 7) is 3.66. The zero-order valence-electron chi connectivity index (χ0n) is 18.4. The number of halogens is 1. The van der Waals surface area contributed by atoms with E-state index in [1.807, 2.05) is 0 Å². The highest BCUT2D eigenvalue weighted by molar-refractivity contribution is 9.10. The minimum absolute atomic E-state index is 0.194. The number of methoxy groups -OCH3 is 2. The topological polar surface area (TPSA) is 92.3 Å². The van der Waals surface area contributed by atoms with Crippen molar-refractivity contribution in [3.63, 3.8) is 0 Å². The van der Waals surface area contributed by atoms with Crippen molar-refractivity contribution in [3.8, 4) is 11.5 Å². The van der Waals surface area contributed by atoms with Gasteiger partial charge in [0.2, 0.25) is 0 Å². The average molecular weight is 533 g/mol. The predicted octanol–water partition coefficient (Wildman–Crippen LogP) is 3.17. The summed E-state index contributed by atoms with van der Waals surface area (Å²) in [5.74, 6) is 1.04. The summed E-state index contributed by atoms with van der Waals surface area (Å²) in [5, 5.41) is 0. The van der Waals surface area contributed by atoms with Crippen molar-refractivity contribution >= 4 is 39.3 Å². The second-order valence-electron chi connectivity index (χ2n) is 7.05. The van der Waals surface area contributed by atoms with Crippen molar-refractivity contribution in [2.24, 2.45) is 4.99 Å². The third kappa shape index (κ3) is 4.28. The van der Waals surface area contributed by atoms with Gasteiger partial charge in [0.25, 0.3) is 5.56 Å². The maximum absolute atomic E-state index is 13.6. The molecule has 4 rings (SSSR count). The van der Waals surface area contributed by atoms with Crippen molar-refractivity contribution in [1.82, 2.24) is 4.57 Å². The number of fused-ring (bicyclic) bond motifs is 1. The van der Waals surface area contributed by atoms with Crippen LogP contribution < -0.4 is 24.4 Å². The molecule has 1 aromatic carbocycles. The highest BCUT2D eigenvalue weighted by atomic mass is 79.9. The number of carbonyl (C=O) groups is 1. The molecule has 0 radical (unpaired) electrons. The molecule has 1 atom stereocenters. The largest absolute Gasteiger partial charge is 0.497 e. The molecule has 3 heterocycles. The van der Waals surface area contributed by atoms with Crippen LogP contribution in [-0.4, -0.2) is 31.4 Å². The zero-order valence-corrected chi connectivity index (χ0v) is 20.8. The number of benzene rings is 1. The number of ether oxygens (including phenoxy) is 3. The van der Waals surface area contributed by atoms with Crippen molar-refractivity contribution in [1.29, 1.82) is 0 Å². The molecular weight excluding hydrogens is 512 g/mol. The summed E-state index contributed by atoms with van der Waals surface area (Å²) in [6, 6.07) is 7.96. The van der Waals surface area contributed by atoms with Gasteiger partial charge in [-0.3, -0.25) is 9.36 Å². The Morgan fingerprint density at radius 3 is 2.70 bits per heavy atom. The van der Waals surface area contributed by atoms with Crippen LogP contribution in [0.2, 0.25) is 0 Å². The molecular formula is C23H21BrN2O6S. The number of hydrogen-bond donors (Lipinski definition) is 0. The number of furan rings is 1. The van der Waals surface area contributed by atoms with Crippen molar-refractivity contribution in [2.45, 2.75) is 19.9 Å². The molecule has 2 aromatic heterocycles. The van der Waals surface area contributed by atoms with Crippen LogP contribution in [0.1, 0.15) is 31.2 Å². The Morgan fingerprint density at radius 1 is 1.27 bits per heavy atom. The number of nitrogens with zero attached hydrogens (tertiary/aromatic N) is 2. The number of thiazole rings is 1. The SMILES string of the molecule is CCOC(=O)C1=C(C)N=c2s/c(=C\c3ccc(Br)o3)c(=O)n2C1c1ccc(OC)cc1OC. The summed E-state index contributed by atoms with van der Waals surface area (Å²) in [6.07, 6.45) is 1.65. The fraction of sp³-hybridized carbons (Fsp3) is 0.261. The second kappa shape index (κ2) is 9.40. The minimum atomic E-state index is -0.786. The number of allylic oxidation sites excluding steroid dienone is 1. The Kier molecular flexibility index (Phi) is 6.57. The molecule has 10 heteroatoms. The Balaban J connectivity index is 2.00. The quantitative estimate of drug-likeness (QED) is 0.452. The van der Waals surface area contributed by atoms with E-state index in [-0.39, 0.29) is 17.7 Å². The van der Waals surface area contributed by atoms with Gasteiger partial charge in [0.05, 0.1) is 36.6 Å². The first-order valence-electron chi connectivity index (χ1n) is 10.0. The Hall–Kier alpha value is -3.11. The van der Waals surface area contributed by atoms with Gasteiger partial charge in [-0.25, -0.2) is 9.79 Å². The van der Waals surface area contributed by atoms with E-state index >= 15 is 0 Å². The maximum atomic E-state index is 13.6. The number of esters is 1. The van der Waals surface area contributed by atoms with Gasteiger partial charge in [-0.05, 0) is 54.0 Å². The van der Waals surface area contributed by atoms with Crippen molar-refractivity contribution in [3.05, 3.63) is 77.3 Å². The van der Waals surface area contributed by atoms with E-state index in [0.29, 0.717) is 42.5 Å². The molecule has 0 amide bonds.